The van der Waals surface area contributed by atoms with Gasteiger partial charge in [-0.1, -0.05) is 18.2 Å². The largest absolute Gasteiger partial charge is 0.415 e. The molecule has 0 saturated carbocycles. The highest BCUT2D eigenvalue weighted by Gasteiger charge is 2.25. The first-order valence-electron chi connectivity index (χ1n) is 12.1. The summed E-state index contributed by atoms with van der Waals surface area (Å²) in [5, 5.41) is 10.2. The van der Waals surface area contributed by atoms with Gasteiger partial charge in [-0.2, -0.15) is 8.78 Å². The van der Waals surface area contributed by atoms with E-state index < -0.39 is 17.7 Å². The van der Waals surface area contributed by atoms with Crippen LogP contribution in [0.25, 0.3) is 11.5 Å². The third-order valence-corrected chi connectivity index (χ3v) is 6.18. The average molecular weight is 514 g/mol. The van der Waals surface area contributed by atoms with Crippen molar-refractivity contribution in [3.8, 4) is 11.5 Å². The molecule has 1 aliphatic heterocycles. The highest BCUT2D eigenvalue weighted by molar-refractivity contribution is 5.82. The zero-order valence-corrected chi connectivity index (χ0v) is 21.6. The smallest absolute Gasteiger partial charge is 0.314 e. The van der Waals surface area contributed by atoms with Crippen LogP contribution < -0.4 is 5.32 Å². The molecular formula is C27H33F2N5O3. The van der Waals surface area contributed by atoms with Crippen LogP contribution in [0.2, 0.25) is 0 Å². The Bertz CT molecular complexity index is 1170. The van der Waals surface area contributed by atoms with E-state index in [2.05, 4.69) is 20.5 Å². The van der Waals surface area contributed by atoms with Gasteiger partial charge in [-0.3, -0.25) is 9.78 Å². The Morgan fingerprint density at radius 3 is 2.41 bits per heavy atom. The molecule has 0 radical (unpaired) electrons. The standard InChI is InChI=1S/C16H21NO2.C11H12F2N4O/c1-16(2,11-19)15-9-13(3-4-14(15)10-18)12-5-7-17-8-6-12;1-17(2)6-8-4-3-7(5-14-8)10-15-16-11(18-10)9(12)13/h3-4,9-12,17H,5-8H2,1-2H3;3-5,9H,6H2,1-2H3. The molecule has 198 valence electrons. The van der Waals surface area contributed by atoms with Crippen LogP contribution in [-0.2, 0) is 16.8 Å². The van der Waals surface area contributed by atoms with Crippen LogP contribution in [0, 0.1) is 0 Å². The summed E-state index contributed by atoms with van der Waals surface area (Å²) in [6.07, 6.45) is 2.76. The van der Waals surface area contributed by atoms with E-state index in [4.69, 9.17) is 4.42 Å². The van der Waals surface area contributed by atoms with Crippen molar-refractivity contribution in [2.75, 3.05) is 27.2 Å². The summed E-state index contributed by atoms with van der Waals surface area (Å²) in [6, 6.07) is 9.44. The van der Waals surface area contributed by atoms with Crippen LogP contribution in [0.5, 0.6) is 0 Å². The van der Waals surface area contributed by atoms with Gasteiger partial charge in [-0.05, 0) is 83.1 Å². The number of alkyl halides is 2. The summed E-state index contributed by atoms with van der Waals surface area (Å²) in [6.45, 7) is 6.48. The number of piperidine rings is 1. The van der Waals surface area contributed by atoms with Gasteiger partial charge in [0.15, 0.2) is 0 Å². The quantitative estimate of drug-likeness (QED) is 0.437. The molecule has 2 aromatic heterocycles. The molecule has 0 unspecified atom stereocenters. The third-order valence-electron chi connectivity index (χ3n) is 6.18. The van der Waals surface area contributed by atoms with Crippen LogP contribution in [0.1, 0.15) is 72.1 Å². The summed E-state index contributed by atoms with van der Waals surface area (Å²) in [4.78, 5) is 28.6. The molecule has 3 heterocycles. The molecule has 3 aromatic rings. The van der Waals surface area contributed by atoms with Crippen molar-refractivity contribution in [1.82, 2.24) is 25.4 Å². The van der Waals surface area contributed by atoms with Gasteiger partial charge in [0, 0.05) is 23.7 Å². The summed E-state index contributed by atoms with van der Waals surface area (Å²) in [5.41, 5.74) is 3.49. The fourth-order valence-corrected chi connectivity index (χ4v) is 4.12. The minimum Gasteiger partial charge on any atom is -0.415 e. The Hall–Kier alpha value is -3.37. The number of benzene rings is 1. The normalized spacial score (nSPS) is 14.4. The van der Waals surface area contributed by atoms with Gasteiger partial charge in [0.2, 0.25) is 5.89 Å². The van der Waals surface area contributed by atoms with E-state index in [-0.39, 0.29) is 5.89 Å². The van der Waals surface area contributed by atoms with Crippen molar-refractivity contribution >= 4 is 12.6 Å². The fraction of sp³-hybridized carbons (Fsp3) is 0.444. The van der Waals surface area contributed by atoms with Gasteiger partial charge in [-0.25, -0.2) is 0 Å². The Balaban J connectivity index is 0.000000206. The Labute approximate surface area is 215 Å². The maximum Gasteiger partial charge on any atom is 0.314 e. The molecule has 8 nitrogen and oxygen atoms in total. The highest BCUT2D eigenvalue weighted by Crippen LogP contribution is 2.31. The van der Waals surface area contributed by atoms with Gasteiger partial charge in [0.25, 0.3) is 5.89 Å². The van der Waals surface area contributed by atoms with Gasteiger partial charge in [0.1, 0.15) is 12.6 Å². The lowest BCUT2D eigenvalue weighted by Crippen LogP contribution is -2.27. The number of pyridine rings is 1. The molecule has 0 amide bonds. The van der Waals surface area contributed by atoms with E-state index in [0.717, 1.165) is 49.8 Å². The number of halogens is 2. The second-order valence-electron chi connectivity index (χ2n) is 9.85. The lowest BCUT2D eigenvalue weighted by atomic mass is 9.80. The van der Waals surface area contributed by atoms with E-state index >= 15 is 0 Å². The van der Waals surface area contributed by atoms with Crippen LogP contribution in [0.15, 0.2) is 40.9 Å². The third kappa shape index (κ3) is 7.56. The van der Waals surface area contributed by atoms with Crippen LogP contribution in [0.4, 0.5) is 8.78 Å². The first-order valence-corrected chi connectivity index (χ1v) is 12.1. The van der Waals surface area contributed by atoms with E-state index in [0.29, 0.717) is 23.6 Å². The van der Waals surface area contributed by atoms with Gasteiger partial charge < -0.3 is 19.4 Å². The van der Waals surface area contributed by atoms with Crippen LogP contribution >= 0.6 is 0 Å². The predicted octanol–water partition coefficient (Wildman–Crippen LogP) is 4.57. The summed E-state index contributed by atoms with van der Waals surface area (Å²) >= 11 is 0. The molecule has 1 saturated heterocycles. The average Bonchev–Trinajstić information content (AvgIpc) is 3.40. The zero-order valence-electron chi connectivity index (χ0n) is 21.6. The Morgan fingerprint density at radius 2 is 1.86 bits per heavy atom. The predicted molar refractivity (Wildman–Crippen MR) is 136 cm³/mol. The molecule has 1 fully saturated rings. The second kappa shape index (κ2) is 12.7. The molecule has 0 bridgehead atoms. The lowest BCUT2D eigenvalue weighted by Gasteiger charge is -2.26. The van der Waals surface area contributed by atoms with E-state index in [9.17, 15) is 18.4 Å². The zero-order chi connectivity index (χ0) is 27.0. The number of carbonyl (C=O) groups is 2. The number of hydrogen-bond acceptors (Lipinski definition) is 8. The van der Waals surface area contributed by atoms with Crippen molar-refractivity contribution < 1.29 is 22.8 Å². The van der Waals surface area contributed by atoms with E-state index in [1.807, 2.05) is 51.0 Å². The molecule has 10 heteroatoms. The monoisotopic (exact) mass is 513 g/mol. The van der Waals surface area contributed by atoms with Crippen molar-refractivity contribution in [3.63, 3.8) is 0 Å². The second-order valence-corrected chi connectivity index (χ2v) is 9.85. The van der Waals surface area contributed by atoms with Crippen molar-refractivity contribution in [3.05, 3.63) is 64.8 Å². The first kappa shape index (κ1) is 28.2. The molecule has 1 aliphatic rings. The number of nitrogens with zero attached hydrogens (tertiary/aromatic N) is 4. The Morgan fingerprint density at radius 1 is 1.14 bits per heavy atom. The molecule has 0 aliphatic carbocycles. The number of rotatable bonds is 8. The number of nitrogens with one attached hydrogen (secondary N) is 1. The minimum absolute atomic E-state index is 0.0502. The minimum atomic E-state index is -2.76. The SMILES string of the molecule is CC(C)(C=O)c1cc(C2CCNCC2)ccc1C=O.CN(C)Cc1ccc(-c2nnc(C(F)F)o2)cn1. The summed E-state index contributed by atoms with van der Waals surface area (Å²) < 4.78 is 29.4. The molecule has 4 rings (SSSR count). The van der Waals surface area contributed by atoms with Crippen molar-refractivity contribution in [2.24, 2.45) is 0 Å². The number of hydrogen-bond donors (Lipinski definition) is 1. The summed E-state index contributed by atoms with van der Waals surface area (Å²) in [5.74, 6) is -0.0975. The van der Waals surface area contributed by atoms with Crippen LogP contribution in [0.3, 0.4) is 0 Å². The fourth-order valence-electron chi connectivity index (χ4n) is 4.12. The highest BCUT2D eigenvalue weighted by atomic mass is 19.3. The Kier molecular flexibility index (Phi) is 9.71. The van der Waals surface area contributed by atoms with Crippen LogP contribution in [-0.4, -0.2) is 59.8 Å². The van der Waals surface area contributed by atoms with Gasteiger partial charge in [-0.15, -0.1) is 10.2 Å². The molecule has 0 atom stereocenters. The maximum absolute atomic E-state index is 12.3. The number of carbonyl (C=O) groups excluding carboxylic acids is 2. The first-order chi connectivity index (χ1) is 17.6. The summed E-state index contributed by atoms with van der Waals surface area (Å²) in [7, 11) is 3.87. The van der Waals surface area contributed by atoms with E-state index in [1.54, 1.807) is 12.1 Å². The van der Waals surface area contributed by atoms with Crippen molar-refractivity contribution in [1.29, 1.82) is 0 Å². The molecule has 1 aromatic carbocycles. The molecule has 0 spiro atoms. The van der Waals surface area contributed by atoms with E-state index in [1.165, 1.54) is 11.8 Å². The van der Waals surface area contributed by atoms with Gasteiger partial charge >= 0.3 is 6.43 Å². The molecule has 37 heavy (non-hydrogen) atoms. The molecular weight excluding hydrogens is 480 g/mol. The molecule has 1 N–H and O–H groups in total. The number of aromatic nitrogens is 3. The van der Waals surface area contributed by atoms with Crippen molar-refractivity contribution in [2.45, 2.75) is 51.0 Å². The lowest BCUT2D eigenvalue weighted by molar-refractivity contribution is -0.111. The maximum atomic E-state index is 12.3. The number of aldehydes is 2. The van der Waals surface area contributed by atoms with Gasteiger partial charge in [0.05, 0.1) is 11.3 Å². The topological polar surface area (TPSA) is 101 Å².